The van der Waals surface area contributed by atoms with Gasteiger partial charge in [-0.15, -0.1) is 0 Å². The lowest BCUT2D eigenvalue weighted by atomic mass is 10.1. The Bertz CT molecular complexity index is 452. The first-order valence-corrected chi connectivity index (χ1v) is 8.68. The van der Waals surface area contributed by atoms with Crippen LogP contribution in [0.4, 0.5) is 5.69 Å². The van der Waals surface area contributed by atoms with Gasteiger partial charge in [0.2, 0.25) is 0 Å². The lowest BCUT2D eigenvalue weighted by Gasteiger charge is -2.26. The van der Waals surface area contributed by atoms with Crippen LogP contribution in [0, 0.1) is 11.8 Å². The predicted molar refractivity (Wildman–Crippen MR) is 89.3 cm³/mol. The highest BCUT2D eigenvalue weighted by Gasteiger charge is 2.29. The number of nitrogens with zero attached hydrogens (tertiary/aromatic N) is 1. The van der Waals surface area contributed by atoms with Gasteiger partial charge in [0, 0.05) is 29.3 Å². The van der Waals surface area contributed by atoms with Gasteiger partial charge in [-0.2, -0.15) is 0 Å². The van der Waals surface area contributed by atoms with E-state index in [-0.39, 0.29) is 0 Å². The zero-order chi connectivity index (χ0) is 14.1. The summed E-state index contributed by atoms with van der Waals surface area (Å²) in [5, 5.41) is 3.31. The van der Waals surface area contributed by atoms with Gasteiger partial charge in [-0.05, 0) is 69.2 Å². The molecular weight excluding hydrogens is 312 g/mol. The van der Waals surface area contributed by atoms with Crippen molar-refractivity contribution in [1.82, 2.24) is 5.32 Å². The van der Waals surface area contributed by atoms with E-state index in [4.69, 9.17) is 0 Å². The van der Waals surface area contributed by atoms with Crippen LogP contribution in [0.5, 0.6) is 0 Å². The number of hydrogen-bond donors (Lipinski definition) is 1. The Kier molecular flexibility index (Phi) is 4.37. The van der Waals surface area contributed by atoms with E-state index >= 15 is 0 Å². The van der Waals surface area contributed by atoms with Crippen LogP contribution in [-0.4, -0.2) is 20.1 Å². The second kappa shape index (κ2) is 6.07. The quantitative estimate of drug-likeness (QED) is 0.795. The molecule has 0 aromatic heterocycles. The van der Waals surface area contributed by atoms with Crippen molar-refractivity contribution in [2.45, 2.75) is 38.6 Å². The maximum Gasteiger partial charge on any atom is 0.0377 e. The standard InChI is InChI=1S/C17H25BrN2/c1-12(19-2)16-8-7-15(9-17(16)18)20(10-13-3-4-13)11-14-5-6-14/h7-9,12-14,19H,3-6,10-11H2,1-2H3. The van der Waals surface area contributed by atoms with Gasteiger partial charge in [0.05, 0.1) is 0 Å². The zero-order valence-corrected chi connectivity index (χ0v) is 14.1. The van der Waals surface area contributed by atoms with Gasteiger partial charge < -0.3 is 10.2 Å². The van der Waals surface area contributed by atoms with E-state index in [0.29, 0.717) is 6.04 Å². The molecule has 20 heavy (non-hydrogen) atoms. The van der Waals surface area contributed by atoms with E-state index in [1.165, 1.54) is 54.5 Å². The highest BCUT2D eigenvalue weighted by molar-refractivity contribution is 9.10. The van der Waals surface area contributed by atoms with Crippen molar-refractivity contribution in [1.29, 1.82) is 0 Å². The Morgan fingerprint density at radius 3 is 2.25 bits per heavy atom. The molecule has 0 radical (unpaired) electrons. The fraction of sp³-hybridized carbons (Fsp3) is 0.647. The molecule has 0 aliphatic heterocycles. The molecule has 0 amide bonds. The van der Waals surface area contributed by atoms with Gasteiger partial charge in [-0.3, -0.25) is 0 Å². The van der Waals surface area contributed by atoms with Gasteiger partial charge >= 0.3 is 0 Å². The molecule has 3 rings (SSSR count). The fourth-order valence-corrected chi connectivity index (χ4v) is 3.44. The Morgan fingerprint density at radius 1 is 1.20 bits per heavy atom. The number of benzene rings is 1. The van der Waals surface area contributed by atoms with E-state index in [1.54, 1.807) is 0 Å². The van der Waals surface area contributed by atoms with Crippen LogP contribution >= 0.6 is 15.9 Å². The minimum Gasteiger partial charge on any atom is -0.371 e. The first kappa shape index (κ1) is 14.4. The fourth-order valence-electron chi connectivity index (χ4n) is 2.73. The van der Waals surface area contributed by atoms with Crippen molar-refractivity contribution < 1.29 is 0 Å². The summed E-state index contributed by atoms with van der Waals surface area (Å²) in [6, 6.07) is 7.28. The Morgan fingerprint density at radius 2 is 1.80 bits per heavy atom. The monoisotopic (exact) mass is 336 g/mol. The number of anilines is 1. The summed E-state index contributed by atoms with van der Waals surface area (Å²) in [7, 11) is 2.01. The highest BCUT2D eigenvalue weighted by Crippen LogP contribution is 2.37. The van der Waals surface area contributed by atoms with Crippen molar-refractivity contribution in [3.8, 4) is 0 Å². The van der Waals surface area contributed by atoms with E-state index in [2.05, 4.69) is 51.3 Å². The van der Waals surface area contributed by atoms with Crippen LogP contribution < -0.4 is 10.2 Å². The van der Waals surface area contributed by atoms with Crippen LogP contribution in [0.25, 0.3) is 0 Å². The third kappa shape index (κ3) is 3.56. The van der Waals surface area contributed by atoms with Gasteiger partial charge in [0.1, 0.15) is 0 Å². The van der Waals surface area contributed by atoms with Gasteiger partial charge in [0.25, 0.3) is 0 Å². The van der Waals surface area contributed by atoms with Crippen molar-refractivity contribution in [2.24, 2.45) is 11.8 Å². The number of halogens is 1. The molecule has 110 valence electrons. The maximum atomic E-state index is 3.75. The number of hydrogen-bond acceptors (Lipinski definition) is 2. The molecule has 0 saturated heterocycles. The summed E-state index contributed by atoms with van der Waals surface area (Å²) >= 11 is 3.75. The molecule has 1 unspecified atom stereocenters. The van der Waals surface area contributed by atoms with E-state index in [9.17, 15) is 0 Å². The third-order valence-electron chi connectivity index (χ3n) is 4.60. The van der Waals surface area contributed by atoms with Crippen LogP contribution in [-0.2, 0) is 0 Å². The summed E-state index contributed by atoms with van der Waals surface area (Å²) in [4.78, 5) is 2.62. The summed E-state index contributed by atoms with van der Waals surface area (Å²) in [6.07, 6.45) is 5.71. The summed E-state index contributed by atoms with van der Waals surface area (Å²) in [5.41, 5.74) is 2.73. The number of rotatable bonds is 7. The first-order valence-electron chi connectivity index (χ1n) is 7.89. The molecule has 1 atom stereocenters. The van der Waals surface area contributed by atoms with Crippen LogP contribution in [0.3, 0.4) is 0 Å². The molecule has 2 aliphatic rings. The molecule has 0 spiro atoms. The van der Waals surface area contributed by atoms with E-state index < -0.39 is 0 Å². The maximum absolute atomic E-state index is 3.75. The second-order valence-electron chi connectivity index (χ2n) is 6.51. The molecule has 1 aromatic rings. The molecule has 2 aliphatic carbocycles. The molecule has 2 fully saturated rings. The average Bonchev–Trinajstić information content (AvgIpc) is 3.32. The van der Waals surface area contributed by atoms with Crippen molar-refractivity contribution >= 4 is 21.6 Å². The smallest absolute Gasteiger partial charge is 0.0377 e. The lowest BCUT2D eigenvalue weighted by molar-refractivity contribution is 0.648. The van der Waals surface area contributed by atoms with Crippen molar-refractivity contribution in [2.75, 3.05) is 25.0 Å². The molecule has 0 heterocycles. The minimum atomic E-state index is 0.388. The highest BCUT2D eigenvalue weighted by atomic mass is 79.9. The van der Waals surface area contributed by atoms with Crippen LogP contribution in [0.15, 0.2) is 22.7 Å². The Labute approximate surface area is 131 Å². The normalized spacial score (nSPS) is 19.9. The molecule has 3 heteroatoms. The Hall–Kier alpha value is -0.540. The Balaban J connectivity index is 1.76. The molecule has 2 nitrogen and oxygen atoms in total. The van der Waals surface area contributed by atoms with Gasteiger partial charge in [-0.1, -0.05) is 22.0 Å². The molecule has 1 aromatic carbocycles. The number of nitrogens with one attached hydrogen (secondary N) is 1. The molecule has 2 saturated carbocycles. The topological polar surface area (TPSA) is 15.3 Å². The SMILES string of the molecule is CNC(C)c1ccc(N(CC2CC2)CC2CC2)cc1Br. The average molecular weight is 337 g/mol. The third-order valence-corrected chi connectivity index (χ3v) is 5.29. The lowest BCUT2D eigenvalue weighted by Crippen LogP contribution is -2.28. The van der Waals surface area contributed by atoms with Gasteiger partial charge in [0.15, 0.2) is 0 Å². The van der Waals surface area contributed by atoms with Gasteiger partial charge in [-0.25, -0.2) is 0 Å². The second-order valence-corrected chi connectivity index (χ2v) is 7.36. The molecular formula is C17H25BrN2. The summed E-state index contributed by atoms with van der Waals surface area (Å²) in [6.45, 7) is 4.71. The summed E-state index contributed by atoms with van der Waals surface area (Å²) in [5.74, 6) is 1.90. The largest absolute Gasteiger partial charge is 0.371 e. The van der Waals surface area contributed by atoms with Crippen molar-refractivity contribution in [3.05, 3.63) is 28.2 Å². The van der Waals surface area contributed by atoms with Crippen LogP contribution in [0.2, 0.25) is 0 Å². The minimum absolute atomic E-state index is 0.388. The molecule has 1 N–H and O–H groups in total. The summed E-state index contributed by atoms with van der Waals surface area (Å²) < 4.78 is 1.23. The van der Waals surface area contributed by atoms with Crippen molar-refractivity contribution in [3.63, 3.8) is 0 Å². The predicted octanol–water partition coefficient (Wildman–Crippen LogP) is 4.36. The zero-order valence-electron chi connectivity index (χ0n) is 12.5. The van der Waals surface area contributed by atoms with E-state index in [1.807, 2.05) is 7.05 Å². The molecule has 0 bridgehead atoms. The van der Waals surface area contributed by atoms with E-state index in [0.717, 1.165) is 11.8 Å². The van der Waals surface area contributed by atoms with Crippen LogP contribution in [0.1, 0.15) is 44.2 Å². The first-order chi connectivity index (χ1) is 9.67.